The third kappa shape index (κ3) is 2.98. The summed E-state index contributed by atoms with van der Waals surface area (Å²) in [6.45, 7) is 4.36. The minimum atomic E-state index is -0.0449. The number of Topliss-reactive ketones (excluding diaryl/α,β-unsaturated/α-hetero) is 1. The lowest BCUT2D eigenvalue weighted by Crippen LogP contribution is -2.00. The third-order valence-corrected chi connectivity index (χ3v) is 2.06. The Labute approximate surface area is 89.7 Å². The van der Waals surface area contributed by atoms with Gasteiger partial charge in [-0.15, -0.1) is 0 Å². The molecule has 1 rings (SSSR count). The van der Waals surface area contributed by atoms with E-state index in [1.54, 1.807) is 12.1 Å². The van der Waals surface area contributed by atoms with Crippen LogP contribution in [0.1, 0.15) is 37.0 Å². The first-order valence-electron chi connectivity index (χ1n) is 5.18. The SMILES string of the molecule is CCCC(=O)c1cc(OCC)ccc1O. The Morgan fingerprint density at radius 2 is 2.13 bits per heavy atom. The second-order valence-corrected chi connectivity index (χ2v) is 3.29. The monoisotopic (exact) mass is 208 g/mol. The number of carbonyl (C=O) groups is 1. The van der Waals surface area contributed by atoms with E-state index in [2.05, 4.69) is 0 Å². The Balaban J connectivity index is 2.94. The van der Waals surface area contributed by atoms with E-state index in [0.717, 1.165) is 6.42 Å². The molecule has 0 saturated carbocycles. The molecule has 3 nitrogen and oxygen atoms in total. The predicted octanol–water partition coefficient (Wildman–Crippen LogP) is 2.77. The van der Waals surface area contributed by atoms with Gasteiger partial charge in [0.1, 0.15) is 11.5 Å². The molecule has 0 radical (unpaired) electrons. The van der Waals surface area contributed by atoms with Crippen molar-refractivity contribution in [3.63, 3.8) is 0 Å². The highest BCUT2D eigenvalue weighted by atomic mass is 16.5. The molecule has 82 valence electrons. The van der Waals surface area contributed by atoms with E-state index in [1.165, 1.54) is 6.07 Å². The number of aromatic hydroxyl groups is 1. The zero-order valence-electron chi connectivity index (χ0n) is 9.12. The van der Waals surface area contributed by atoms with Crippen molar-refractivity contribution in [2.45, 2.75) is 26.7 Å². The number of ether oxygens (including phenoxy) is 1. The molecule has 1 aromatic carbocycles. The summed E-state index contributed by atoms with van der Waals surface area (Å²) in [7, 11) is 0. The maximum absolute atomic E-state index is 11.6. The number of hydrogen-bond donors (Lipinski definition) is 1. The molecule has 1 N–H and O–H groups in total. The molecule has 0 bridgehead atoms. The standard InChI is InChI=1S/C12H16O3/c1-3-5-11(13)10-8-9(15-4-2)6-7-12(10)14/h6-8,14H,3-5H2,1-2H3. The lowest BCUT2D eigenvalue weighted by Gasteiger charge is -2.07. The van der Waals surface area contributed by atoms with Gasteiger partial charge in [-0.05, 0) is 31.5 Å². The van der Waals surface area contributed by atoms with Crippen LogP contribution in [0.15, 0.2) is 18.2 Å². The second kappa shape index (κ2) is 5.39. The van der Waals surface area contributed by atoms with E-state index in [-0.39, 0.29) is 11.5 Å². The Hall–Kier alpha value is -1.51. The van der Waals surface area contributed by atoms with E-state index in [4.69, 9.17) is 4.74 Å². The number of carbonyl (C=O) groups excluding carboxylic acids is 1. The van der Waals surface area contributed by atoms with Gasteiger partial charge in [-0.3, -0.25) is 4.79 Å². The van der Waals surface area contributed by atoms with Gasteiger partial charge in [-0.25, -0.2) is 0 Å². The zero-order chi connectivity index (χ0) is 11.3. The summed E-state index contributed by atoms with van der Waals surface area (Å²) in [4.78, 5) is 11.6. The summed E-state index contributed by atoms with van der Waals surface area (Å²) in [6, 6.07) is 4.74. The molecule has 0 aliphatic carbocycles. The molecular formula is C12H16O3. The van der Waals surface area contributed by atoms with Crippen molar-refractivity contribution in [1.29, 1.82) is 0 Å². The van der Waals surface area contributed by atoms with Crippen molar-refractivity contribution < 1.29 is 14.6 Å². The lowest BCUT2D eigenvalue weighted by molar-refractivity contribution is 0.0978. The summed E-state index contributed by atoms with van der Waals surface area (Å²) >= 11 is 0. The van der Waals surface area contributed by atoms with Gasteiger partial charge in [0.05, 0.1) is 12.2 Å². The fraction of sp³-hybridized carbons (Fsp3) is 0.417. The first-order valence-corrected chi connectivity index (χ1v) is 5.18. The van der Waals surface area contributed by atoms with Crippen LogP contribution in [0.2, 0.25) is 0 Å². The molecule has 0 aliphatic heterocycles. The Morgan fingerprint density at radius 1 is 1.40 bits per heavy atom. The lowest BCUT2D eigenvalue weighted by atomic mass is 10.1. The number of hydrogen-bond acceptors (Lipinski definition) is 3. The van der Waals surface area contributed by atoms with Crippen LogP contribution in [0, 0.1) is 0 Å². The number of ketones is 1. The van der Waals surface area contributed by atoms with Crippen LogP contribution >= 0.6 is 0 Å². The van der Waals surface area contributed by atoms with Crippen molar-refractivity contribution in [1.82, 2.24) is 0 Å². The van der Waals surface area contributed by atoms with E-state index in [9.17, 15) is 9.90 Å². The van der Waals surface area contributed by atoms with E-state index in [0.29, 0.717) is 24.3 Å². The van der Waals surface area contributed by atoms with Crippen LogP contribution in [0.25, 0.3) is 0 Å². The molecule has 0 saturated heterocycles. The number of rotatable bonds is 5. The van der Waals surface area contributed by atoms with Gasteiger partial charge in [0, 0.05) is 6.42 Å². The highest BCUT2D eigenvalue weighted by molar-refractivity contribution is 5.98. The fourth-order valence-corrected chi connectivity index (χ4v) is 1.36. The maximum atomic E-state index is 11.6. The van der Waals surface area contributed by atoms with Crippen LogP contribution in [-0.4, -0.2) is 17.5 Å². The van der Waals surface area contributed by atoms with Crippen LogP contribution in [0.5, 0.6) is 11.5 Å². The van der Waals surface area contributed by atoms with Crippen LogP contribution in [0.4, 0.5) is 0 Å². The van der Waals surface area contributed by atoms with Gasteiger partial charge >= 0.3 is 0 Å². The van der Waals surface area contributed by atoms with Crippen LogP contribution in [-0.2, 0) is 0 Å². The number of phenols is 1. The Morgan fingerprint density at radius 3 is 2.73 bits per heavy atom. The van der Waals surface area contributed by atoms with E-state index in [1.807, 2.05) is 13.8 Å². The molecule has 0 amide bonds. The molecule has 0 fully saturated rings. The summed E-state index contributed by atoms with van der Waals surface area (Å²) in [5, 5.41) is 9.52. The van der Waals surface area contributed by atoms with Crippen molar-refractivity contribution in [3.05, 3.63) is 23.8 Å². The van der Waals surface area contributed by atoms with E-state index < -0.39 is 0 Å². The summed E-state index contributed by atoms with van der Waals surface area (Å²) in [5.41, 5.74) is 0.350. The highest BCUT2D eigenvalue weighted by Gasteiger charge is 2.11. The molecule has 0 heterocycles. The van der Waals surface area contributed by atoms with Gasteiger partial charge in [0.15, 0.2) is 5.78 Å². The van der Waals surface area contributed by atoms with Crippen molar-refractivity contribution in [2.24, 2.45) is 0 Å². The van der Waals surface area contributed by atoms with Crippen molar-refractivity contribution in [2.75, 3.05) is 6.61 Å². The summed E-state index contributed by atoms with van der Waals surface area (Å²) in [5.74, 6) is 0.600. The summed E-state index contributed by atoms with van der Waals surface area (Å²) in [6.07, 6.45) is 1.22. The predicted molar refractivity (Wildman–Crippen MR) is 58.5 cm³/mol. The van der Waals surface area contributed by atoms with Gasteiger partial charge < -0.3 is 9.84 Å². The first kappa shape index (κ1) is 11.6. The Bertz CT molecular complexity index is 345. The van der Waals surface area contributed by atoms with Crippen molar-refractivity contribution >= 4 is 5.78 Å². The molecule has 0 aliphatic rings. The first-order chi connectivity index (χ1) is 7.19. The number of benzene rings is 1. The third-order valence-electron chi connectivity index (χ3n) is 2.06. The van der Waals surface area contributed by atoms with Gasteiger partial charge in [-0.2, -0.15) is 0 Å². The average molecular weight is 208 g/mol. The summed E-state index contributed by atoms with van der Waals surface area (Å²) < 4.78 is 5.27. The molecule has 3 heteroatoms. The van der Waals surface area contributed by atoms with E-state index >= 15 is 0 Å². The molecule has 1 aromatic rings. The van der Waals surface area contributed by atoms with Gasteiger partial charge in [0.25, 0.3) is 0 Å². The van der Waals surface area contributed by atoms with Crippen LogP contribution < -0.4 is 4.74 Å². The smallest absolute Gasteiger partial charge is 0.166 e. The minimum Gasteiger partial charge on any atom is -0.507 e. The quantitative estimate of drug-likeness (QED) is 0.757. The molecule has 0 aromatic heterocycles. The molecule has 0 atom stereocenters. The normalized spacial score (nSPS) is 10.0. The Kier molecular flexibility index (Phi) is 4.16. The fourth-order valence-electron chi connectivity index (χ4n) is 1.36. The maximum Gasteiger partial charge on any atom is 0.166 e. The second-order valence-electron chi connectivity index (χ2n) is 3.29. The number of phenolic OH excluding ortho intramolecular Hbond substituents is 1. The molecular weight excluding hydrogens is 192 g/mol. The minimum absolute atomic E-state index is 0.0249. The van der Waals surface area contributed by atoms with Crippen molar-refractivity contribution in [3.8, 4) is 11.5 Å². The molecule has 0 unspecified atom stereocenters. The zero-order valence-corrected chi connectivity index (χ0v) is 9.12. The van der Waals surface area contributed by atoms with Crippen LogP contribution in [0.3, 0.4) is 0 Å². The van der Waals surface area contributed by atoms with Gasteiger partial charge in [-0.1, -0.05) is 6.92 Å². The largest absolute Gasteiger partial charge is 0.507 e. The average Bonchev–Trinajstić information content (AvgIpc) is 2.21. The molecule has 0 spiro atoms. The topological polar surface area (TPSA) is 46.5 Å². The highest BCUT2D eigenvalue weighted by Crippen LogP contribution is 2.24. The molecule has 15 heavy (non-hydrogen) atoms. The van der Waals surface area contributed by atoms with Gasteiger partial charge in [0.2, 0.25) is 0 Å².